The second kappa shape index (κ2) is 4.98. The van der Waals surface area contributed by atoms with Crippen molar-refractivity contribution >= 4 is 38.7 Å². The molecule has 0 aliphatic rings. The number of benzene rings is 1. The average Bonchev–Trinajstić information content (AvgIpc) is 2.68. The summed E-state index contributed by atoms with van der Waals surface area (Å²) in [6.07, 6.45) is 0.228. The van der Waals surface area contributed by atoms with Crippen molar-refractivity contribution in [2.75, 3.05) is 5.73 Å². The maximum Gasteiger partial charge on any atom is 0.170 e. The molecule has 0 aliphatic carbocycles. The van der Waals surface area contributed by atoms with E-state index in [2.05, 4.69) is 15.9 Å². The fourth-order valence-corrected chi connectivity index (χ4v) is 2.95. The predicted molar refractivity (Wildman–Crippen MR) is 70.9 cm³/mol. The van der Waals surface area contributed by atoms with Gasteiger partial charge < -0.3 is 5.73 Å². The number of nitrogen functional groups attached to an aromatic ring is 1. The van der Waals surface area contributed by atoms with Gasteiger partial charge in [-0.3, -0.25) is 4.79 Å². The van der Waals surface area contributed by atoms with Crippen LogP contribution in [0.5, 0.6) is 0 Å². The third-order valence-corrected chi connectivity index (χ3v) is 4.25. The summed E-state index contributed by atoms with van der Waals surface area (Å²) in [7, 11) is 0. The van der Waals surface area contributed by atoms with Crippen LogP contribution in [-0.2, 0) is 6.42 Å². The zero-order valence-corrected chi connectivity index (χ0v) is 11.1. The van der Waals surface area contributed by atoms with Gasteiger partial charge in [-0.15, -0.1) is 11.3 Å². The number of thiophene rings is 1. The normalized spacial score (nSPS) is 10.5. The van der Waals surface area contributed by atoms with Crippen molar-refractivity contribution < 1.29 is 9.18 Å². The van der Waals surface area contributed by atoms with E-state index in [1.807, 2.05) is 11.4 Å². The molecule has 0 atom stereocenters. The quantitative estimate of drug-likeness (QED) is 0.694. The van der Waals surface area contributed by atoms with Crippen LogP contribution in [0.3, 0.4) is 0 Å². The summed E-state index contributed by atoms with van der Waals surface area (Å²) in [6, 6.07) is 5.71. The van der Waals surface area contributed by atoms with E-state index in [1.165, 1.54) is 29.5 Å². The van der Waals surface area contributed by atoms with Crippen molar-refractivity contribution in [1.29, 1.82) is 0 Å². The third-order valence-electron chi connectivity index (χ3n) is 2.33. The zero-order chi connectivity index (χ0) is 12.4. The zero-order valence-electron chi connectivity index (χ0n) is 8.74. The summed E-state index contributed by atoms with van der Waals surface area (Å²) in [4.78, 5) is 12.9. The fourth-order valence-electron chi connectivity index (χ4n) is 1.46. The number of ketones is 1. The number of hydrogen-bond acceptors (Lipinski definition) is 3. The first-order chi connectivity index (χ1) is 8.08. The van der Waals surface area contributed by atoms with Gasteiger partial charge in [-0.05, 0) is 45.6 Å². The minimum Gasteiger partial charge on any atom is -0.398 e. The molecule has 2 N–H and O–H groups in total. The highest BCUT2D eigenvalue weighted by molar-refractivity contribution is 9.10. The first-order valence-corrected chi connectivity index (χ1v) is 6.55. The Bertz CT molecular complexity index is 567. The Morgan fingerprint density at radius 1 is 1.41 bits per heavy atom. The highest BCUT2D eigenvalue weighted by atomic mass is 79.9. The summed E-state index contributed by atoms with van der Waals surface area (Å²) in [5.74, 6) is -0.627. The molecule has 0 unspecified atom stereocenters. The Hall–Kier alpha value is -1.20. The molecule has 0 aliphatic heterocycles. The van der Waals surface area contributed by atoms with E-state index in [-0.39, 0.29) is 17.8 Å². The third kappa shape index (κ3) is 2.73. The minimum atomic E-state index is -0.451. The molecular weight excluding hydrogens is 305 g/mol. The van der Waals surface area contributed by atoms with Gasteiger partial charge in [0.05, 0.1) is 0 Å². The average molecular weight is 314 g/mol. The Kier molecular flexibility index (Phi) is 3.59. The molecule has 0 fully saturated rings. The van der Waals surface area contributed by atoms with Crippen LogP contribution in [0.25, 0.3) is 0 Å². The summed E-state index contributed by atoms with van der Waals surface area (Å²) < 4.78 is 13.9. The van der Waals surface area contributed by atoms with Crippen LogP contribution in [0, 0.1) is 5.82 Å². The van der Waals surface area contributed by atoms with E-state index in [0.29, 0.717) is 5.69 Å². The van der Waals surface area contributed by atoms with Crippen molar-refractivity contribution in [1.82, 2.24) is 0 Å². The van der Waals surface area contributed by atoms with Gasteiger partial charge >= 0.3 is 0 Å². The van der Waals surface area contributed by atoms with Gasteiger partial charge in [0.25, 0.3) is 0 Å². The standard InChI is InChI=1S/C12H9BrFNOS/c13-9-3-4-17-12(9)6-11(16)8-5-7(14)1-2-10(8)15/h1-5H,6,15H2. The molecule has 0 saturated carbocycles. The van der Waals surface area contributed by atoms with Crippen LogP contribution in [-0.4, -0.2) is 5.78 Å². The van der Waals surface area contributed by atoms with Crippen LogP contribution < -0.4 is 5.73 Å². The van der Waals surface area contributed by atoms with Gasteiger partial charge in [-0.25, -0.2) is 4.39 Å². The molecule has 0 amide bonds. The number of carbonyl (C=O) groups is 1. The number of Topliss-reactive ketones (excluding diaryl/α,β-unsaturated/α-hetero) is 1. The van der Waals surface area contributed by atoms with E-state index >= 15 is 0 Å². The fraction of sp³-hybridized carbons (Fsp3) is 0.0833. The van der Waals surface area contributed by atoms with Gasteiger partial charge in [0.1, 0.15) is 5.82 Å². The van der Waals surface area contributed by atoms with Crippen LogP contribution in [0.4, 0.5) is 10.1 Å². The lowest BCUT2D eigenvalue weighted by Gasteiger charge is -2.04. The monoisotopic (exact) mass is 313 g/mol. The maximum absolute atomic E-state index is 13.1. The molecule has 17 heavy (non-hydrogen) atoms. The van der Waals surface area contributed by atoms with Crippen molar-refractivity contribution in [2.24, 2.45) is 0 Å². The van der Waals surface area contributed by atoms with Crippen LogP contribution >= 0.6 is 27.3 Å². The summed E-state index contributed by atoms with van der Waals surface area (Å²) >= 11 is 4.83. The largest absolute Gasteiger partial charge is 0.398 e. The molecule has 2 rings (SSSR count). The Morgan fingerprint density at radius 3 is 2.82 bits per heavy atom. The molecule has 88 valence electrons. The molecule has 0 radical (unpaired) electrons. The molecule has 0 spiro atoms. The molecule has 0 bridgehead atoms. The Balaban J connectivity index is 2.26. The first-order valence-electron chi connectivity index (χ1n) is 4.88. The van der Waals surface area contributed by atoms with Gasteiger partial charge in [-0.2, -0.15) is 0 Å². The Morgan fingerprint density at radius 2 is 2.18 bits per heavy atom. The van der Waals surface area contributed by atoms with Crippen molar-refractivity contribution in [2.45, 2.75) is 6.42 Å². The van der Waals surface area contributed by atoms with Crippen molar-refractivity contribution in [3.05, 3.63) is 50.4 Å². The van der Waals surface area contributed by atoms with Gasteiger partial charge in [0.2, 0.25) is 0 Å². The van der Waals surface area contributed by atoms with E-state index in [4.69, 9.17) is 5.73 Å². The highest BCUT2D eigenvalue weighted by Crippen LogP contribution is 2.25. The van der Waals surface area contributed by atoms with Crippen LogP contribution in [0.2, 0.25) is 0 Å². The smallest absolute Gasteiger partial charge is 0.170 e. The highest BCUT2D eigenvalue weighted by Gasteiger charge is 2.14. The van der Waals surface area contributed by atoms with Gasteiger partial charge in [0.15, 0.2) is 5.78 Å². The lowest BCUT2D eigenvalue weighted by Crippen LogP contribution is -2.07. The number of nitrogens with two attached hydrogens (primary N) is 1. The SMILES string of the molecule is Nc1ccc(F)cc1C(=O)Cc1sccc1Br. The summed E-state index contributed by atoms with van der Waals surface area (Å²) in [5.41, 5.74) is 6.21. The minimum absolute atomic E-state index is 0.176. The number of rotatable bonds is 3. The molecule has 0 saturated heterocycles. The number of anilines is 1. The number of halogens is 2. The molecule has 5 heteroatoms. The number of carbonyl (C=O) groups excluding carboxylic acids is 1. The molecule has 1 heterocycles. The number of hydrogen-bond donors (Lipinski definition) is 1. The second-order valence-electron chi connectivity index (χ2n) is 3.52. The van der Waals surface area contributed by atoms with Gasteiger partial charge in [-0.1, -0.05) is 0 Å². The van der Waals surface area contributed by atoms with Crippen molar-refractivity contribution in [3.63, 3.8) is 0 Å². The summed E-state index contributed by atoms with van der Waals surface area (Å²) in [5, 5.41) is 1.89. The first kappa shape index (κ1) is 12.3. The molecule has 2 aromatic rings. The topological polar surface area (TPSA) is 43.1 Å². The maximum atomic E-state index is 13.1. The molecule has 1 aromatic carbocycles. The van der Waals surface area contributed by atoms with E-state index < -0.39 is 5.82 Å². The van der Waals surface area contributed by atoms with E-state index in [1.54, 1.807) is 0 Å². The summed E-state index contributed by atoms with van der Waals surface area (Å²) in [6.45, 7) is 0. The Labute approximate surface area is 110 Å². The predicted octanol–water partition coefficient (Wildman–Crippen LogP) is 3.66. The van der Waals surface area contributed by atoms with E-state index in [9.17, 15) is 9.18 Å². The lowest BCUT2D eigenvalue weighted by atomic mass is 10.1. The molecule has 2 nitrogen and oxygen atoms in total. The van der Waals surface area contributed by atoms with Gasteiger partial charge in [0, 0.05) is 27.0 Å². The second-order valence-corrected chi connectivity index (χ2v) is 5.38. The van der Waals surface area contributed by atoms with Crippen LogP contribution in [0.15, 0.2) is 34.1 Å². The molecule has 1 aromatic heterocycles. The van der Waals surface area contributed by atoms with Crippen molar-refractivity contribution in [3.8, 4) is 0 Å². The lowest BCUT2D eigenvalue weighted by molar-refractivity contribution is 0.0994. The van der Waals surface area contributed by atoms with Crippen LogP contribution in [0.1, 0.15) is 15.2 Å². The van der Waals surface area contributed by atoms with E-state index in [0.717, 1.165) is 9.35 Å². The molecular formula is C12H9BrFNOS.